The number of halogens is 1. The van der Waals surface area contributed by atoms with E-state index in [0.717, 1.165) is 25.7 Å². The molecular formula is C22H23BrN8O2. The molecule has 1 aromatic carbocycles. The number of benzene rings is 1. The normalized spacial score (nSPS) is 17.2. The molecule has 2 aromatic rings. The topological polar surface area (TPSA) is 167 Å². The zero-order chi connectivity index (χ0) is 23.5. The molecule has 4 rings (SSSR count). The number of fused-ring (bicyclic) bond motifs is 1. The Morgan fingerprint density at radius 3 is 2.67 bits per heavy atom. The lowest BCUT2D eigenvalue weighted by atomic mass is 9.95. The van der Waals surface area contributed by atoms with E-state index in [2.05, 4.69) is 36.5 Å². The molecule has 170 valence electrons. The van der Waals surface area contributed by atoms with Crippen molar-refractivity contribution < 1.29 is 9.47 Å². The maximum absolute atomic E-state index is 9.53. The largest absolute Gasteiger partial charge is 0.490 e. The summed E-state index contributed by atoms with van der Waals surface area (Å²) in [5.41, 5.74) is 13.7. The van der Waals surface area contributed by atoms with Crippen molar-refractivity contribution in [1.29, 1.82) is 10.5 Å². The lowest BCUT2D eigenvalue weighted by Gasteiger charge is -2.27. The molecule has 0 spiro atoms. The number of nitrogens with one attached hydrogen (secondary N) is 2. The number of pyridine rings is 1. The summed E-state index contributed by atoms with van der Waals surface area (Å²) in [6.07, 6.45) is 6.34. The molecule has 1 saturated carbocycles. The fraction of sp³-hybridized carbons (Fsp3) is 0.364. The van der Waals surface area contributed by atoms with Gasteiger partial charge in [0.25, 0.3) is 0 Å². The zero-order valence-electron chi connectivity index (χ0n) is 18.0. The van der Waals surface area contributed by atoms with Gasteiger partial charge < -0.3 is 26.3 Å². The standard InChI is InChI=1S/C22H23BrN8O2/c1-2-32-15-7-12(14(23)8-16(15)33-11-5-3-4-6-11)19-17-18(26)13(9-24)20(27)30-21(17)31-22(29-19)28-10-25/h7-8,11,19H,2-6H2,1H3,(H6,26,27,28,29,30,31). The van der Waals surface area contributed by atoms with Crippen LogP contribution in [0, 0.1) is 22.8 Å². The lowest BCUT2D eigenvalue weighted by Crippen LogP contribution is -2.32. The first-order valence-corrected chi connectivity index (χ1v) is 11.4. The van der Waals surface area contributed by atoms with Gasteiger partial charge in [-0.2, -0.15) is 10.5 Å². The van der Waals surface area contributed by atoms with Gasteiger partial charge in [-0.3, -0.25) is 5.32 Å². The van der Waals surface area contributed by atoms with E-state index >= 15 is 0 Å². The molecule has 2 heterocycles. The number of nitrogens with two attached hydrogens (primary N) is 2. The summed E-state index contributed by atoms with van der Waals surface area (Å²) >= 11 is 3.64. The molecule has 0 radical (unpaired) electrons. The molecule has 1 atom stereocenters. The van der Waals surface area contributed by atoms with Crippen LogP contribution in [0.4, 0.5) is 17.3 Å². The molecule has 33 heavy (non-hydrogen) atoms. The molecule has 1 fully saturated rings. The monoisotopic (exact) mass is 510 g/mol. The van der Waals surface area contributed by atoms with Crippen LogP contribution in [0.15, 0.2) is 21.6 Å². The van der Waals surface area contributed by atoms with Gasteiger partial charge in [0.2, 0.25) is 5.96 Å². The predicted molar refractivity (Wildman–Crippen MR) is 128 cm³/mol. The van der Waals surface area contributed by atoms with Crippen molar-refractivity contribution in [3.63, 3.8) is 0 Å². The number of hydrogen-bond acceptors (Lipinski definition) is 10. The molecule has 0 bridgehead atoms. The van der Waals surface area contributed by atoms with Crippen molar-refractivity contribution in [2.24, 2.45) is 4.99 Å². The highest BCUT2D eigenvalue weighted by Gasteiger charge is 2.32. The molecule has 1 unspecified atom stereocenters. The number of nitrogens with zero attached hydrogens (tertiary/aromatic N) is 4. The average Bonchev–Trinajstić information content (AvgIpc) is 3.28. The predicted octanol–water partition coefficient (Wildman–Crippen LogP) is 3.54. The summed E-state index contributed by atoms with van der Waals surface area (Å²) < 4.78 is 12.8. The van der Waals surface area contributed by atoms with Gasteiger partial charge in [-0.1, -0.05) is 15.9 Å². The van der Waals surface area contributed by atoms with Gasteiger partial charge in [0.05, 0.1) is 18.4 Å². The van der Waals surface area contributed by atoms with Crippen molar-refractivity contribution in [3.8, 4) is 23.8 Å². The minimum absolute atomic E-state index is 0.00686. The fourth-order valence-electron chi connectivity index (χ4n) is 4.11. The van der Waals surface area contributed by atoms with Crippen molar-refractivity contribution >= 4 is 39.2 Å². The molecule has 10 nitrogen and oxygen atoms in total. The van der Waals surface area contributed by atoms with Gasteiger partial charge in [0.1, 0.15) is 29.3 Å². The number of anilines is 3. The van der Waals surface area contributed by atoms with Crippen molar-refractivity contribution in [2.75, 3.05) is 23.4 Å². The van der Waals surface area contributed by atoms with Gasteiger partial charge in [0, 0.05) is 10.0 Å². The summed E-state index contributed by atoms with van der Waals surface area (Å²) in [5, 5.41) is 24.1. The third-order valence-electron chi connectivity index (χ3n) is 5.61. The smallest absolute Gasteiger partial charge is 0.211 e. The second-order valence-corrected chi connectivity index (χ2v) is 8.53. The number of hydrogen-bond donors (Lipinski definition) is 4. The van der Waals surface area contributed by atoms with E-state index in [1.807, 2.05) is 31.3 Å². The molecular weight excluding hydrogens is 488 g/mol. The second kappa shape index (κ2) is 9.43. The van der Waals surface area contributed by atoms with Crippen LogP contribution in [-0.4, -0.2) is 23.7 Å². The minimum atomic E-state index is -0.689. The van der Waals surface area contributed by atoms with E-state index in [0.29, 0.717) is 39.5 Å². The quantitative estimate of drug-likeness (QED) is 0.347. The first-order chi connectivity index (χ1) is 16.0. The van der Waals surface area contributed by atoms with Gasteiger partial charge in [0.15, 0.2) is 17.7 Å². The molecule has 1 aromatic heterocycles. The first kappa shape index (κ1) is 22.5. The van der Waals surface area contributed by atoms with Crippen LogP contribution in [0.2, 0.25) is 0 Å². The van der Waals surface area contributed by atoms with Gasteiger partial charge in [-0.25, -0.2) is 9.98 Å². The van der Waals surface area contributed by atoms with E-state index in [4.69, 9.17) is 26.2 Å². The molecule has 11 heteroatoms. The first-order valence-electron chi connectivity index (χ1n) is 10.6. The van der Waals surface area contributed by atoms with E-state index in [9.17, 15) is 5.26 Å². The second-order valence-electron chi connectivity index (χ2n) is 7.68. The Bertz CT molecular complexity index is 1190. The van der Waals surface area contributed by atoms with Gasteiger partial charge >= 0.3 is 0 Å². The zero-order valence-corrected chi connectivity index (χ0v) is 19.6. The van der Waals surface area contributed by atoms with Crippen LogP contribution in [0.25, 0.3) is 0 Å². The highest BCUT2D eigenvalue weighted by atomic mass is 79.9. The Kier molecular flexibility index (Phi) is 6.43. The van der Waals surface area contributed by atoms with E-state index in [1.54, 1.807) is 0 Å². The molecule has 6 N–H and O–H groups in total. The van der Waals surface area contributed by atoms with Crippen LogP contribution >= 0.6 is 15.9 Å². The average molecular weight is 511 g/mol. The highest BCUT2D eigenvalue weighted by molar-refractivity contribution is 9.10. The Hall–Kier alpha value is -3.70. The number of rotatable bonds is 5. The summed E-state index contributed by atoms with van der Waals surface area (Å²) in [5.74, 6) is 1.72. The molecule has 2 aliphatic rings. The Morgan fingerprint density at radius 1 is 1.24 bits per heavy atom. The maximum atomic E-state index is 9.53. The van der Waals surface area contributed by atoms with E-state index < -0.39 is 6.04 Å². The maximum Gasteiger partial charge on any atom is 0.211 e. The summed E-state index contributed by atoms with van der Waals surface area (Å²) in [7, 11) is 0. The lowest BCUT2D eigenvalue weighted by molar-refractivity contribution is 0.196. The number of nitrogen functional groups attached to an aromatic ring is 2. The summed E-state index contributed by atoms with van der Waals surface area (Å²) in [6.45, 7) is 2.35. The SMILES string of the molecule is CCOc1cc(C2N=C(NC#N)Nc3nc(N)c(C#N)c(N)c32)c(Br)cc1OC1CCCC1. The van der Waals surface area contributed by atoms with Crippen LogP contribution < -0.4 is 31.6 Å². The van der Waals surface area contributed by atoms with Gasteiger partial charge in [-0.05, 0) is 50.3 Å². The highest BCUT2D eigenvalue weighted by Crippen LogP contribution is 2.46. The Morgan fingerprint density at radius 2 is 2.00 bits per heavy atom. The van der Waals surface area contributed by atoms with E-state index in [1.165, 1.54) is 0 Å². The summed E-state index contributed by atoms with van der Waals surface area (Å²) in [6, 6.07) is 5.02. The van der Waals surface area contributed by atoms with Crippen LogP contribution in [0.3, 0.4) is 0 Å². The third-order valence-corrected chi connectivity index (χ3v) is 6.30. The summed E-state index contributed by atoms with van der Waals surface area (Å²) in [4.78, 5) is 8.91. The Labute approximate surface area is 199 Å². The number of nitriles is 2. The van der Waals surface area contributed by atoms with Crippen molar-refractivity contribution in [1.82, 2.24) is 10.3 Å². The number of guanidine groups is 1. The molecule has 0 saturated heterocycles. The molecule has 1 aliphatic carbocycles. The van der Waals surface area contributed by atoms with Crippen molar-refractivity contribution in [2.45, 2.75) is 44.8 Å². The van der Waals surface area contributed by atoms with Crippen LogP contribution in [0.5, 0.6) is 11.5 Å². The van der Waals surface area contributed by atoms with Gasteiger partial charge in [-0.15, -0.1) is 0 Å². The number of aliphatic imine (C=N–C) groups is 1. The third kappa shape index (κ3) is 4.32. The van der Waals surface area contributed by atoms with Crippen LogP contribution in [0.1, 0.15) is 55.3 Å². The fourth-order valence-corrected chi connectivity index (χ4v) is 4.65. The molecule has 1 aliphatic heterocycles. The number of ether oxygens (including phenoxy) is 2. The number of aromatic nitrogens is 1. The van der Waals surface area contributed by atoms with E-state index in [-0.39, 0.29) is 29.1 Å². The van der Waals surface area contributed by atoms with Crippen molar-refractivity contribution in [3.05, 3.63) is 33.3 Å². The Balaban J connectivity index is 1.86. The molecule has 0 amide bonds. The minimum Gasteiger partial charge on any atom is -0.490 e. The van der Waals surface area contributed by atoms with Crippen LogP contribution in [-0.2, 0) is 0 Å².